The monoisotopic (exact) mass is 242 g/mol. The van der Waals surface area contributed by atoms with E-state index in [1.807, 2.05) is 0 Å². The Kier molecular flexibility index (Phi) is 9.26. The molecule has 3 nitrogen and oxygen atoms in total. The maximum atomic E-state index is 9.29. The molecule has 0 aliphatic carbocycles. The molecule has 0 aromatic rings. The van der Waals surface area contributed by atoms with E-state index in [2.05, 4.69) is 24.1 Å². The van der Waals surface area contributed by atoms with Gasteiger partial charge in [0.1, 0.15) is 0 Å². The first kappa shape index (κ1) is 11.4. The molecule has 0 unspecified atom stereocenters. The summed E-state index contributed by atoms with van der Waals surface area (Å²) >= 11 is 8.23. The third-order valence-corrected chi connectivity index (χ3v) is 0. The maximum absolute atomic E-state index is 9.29. The summed E-state index contributed by atoms with van der Waals surface area (Å²) in [6, 6.07) is 0. The zero-order valence-corrected chi connectivity index (χ0v) is 7.47. The van der Waals surface area contributed by atoms with Crippen LogP contribution in [0.3, 0.4) is 0 Å². The van der Waals surface area contributed by atoms with Crippen LogP contribution in [0.2, 0.25) is 0 Å². The molecule has 0 aromatic carbocycles. The Hall–Kier alpha value is 1.57. The van der Waals surface area contributed by atoms with Crippen LogP contribution in [-0.4, -0.2) is 3.76 Å². The molecular formula is HMoO3PS2. The van der Waals surface area contributed by atoms with Gasteiger partial charge < -0.3 is 27.7 Å². The number of hydrogen-bond donors (Lipinski definition) is 1. The Bertz CT molecular complexity index is 59.1. The molecule has 0 aliphatic heterocycles. The van der Waals surface area contributed by atoms with Gasteiger partial charge in [-0.1, -0.05) is 0 Å². The fourth-order valence-electron chi connectivity index (χ4n) is 0. The summed E-state index contributed by atoms with van der Waals surface area (Å²) in [6.45, 7) is 0. The molecule has 0 saturated carbocycles. The molecule has 0 aliphatic rings. The number of hydrogen-bond acceptors (Lipinski definition) is 5. The van der Waals surface area contributed by atoms with Crippen molar-refractivity contribution in [3.63, 3.8) is 0 Å². The van der Waals surface area contributed by atoms with Gasteiger partial charge in [0.2, 0.25) is 0 Å². The second-order valence-electron chi connectivity index (χ2n) is 0.447. The van der Waals surface area contributed by atoms with Gasteiger partial charge in [0.25, 0.3) is 0 Å². The summed E-state index contributed by atoms with van der Waals surface area (Å²) in [5.74, 6) is 0. The van der Waals surface area contributed by atoms with E-state index in [-0.39, 0.29) is 0 Å². The second-order valence-corrected chi connectivity index (χ2v) is 4.92. The minimum atomic E-state index is -3.72. The summed E-state index contributed by atoms with van der Waals surface area (Å²) in [7, 11) is 0. The predicted molar refractivity (Wildman–Crippen MR) is 23.9 cm³/mol. The van der Waals surface area contributed by atoms with Gasteiger partial charge in [-0.15, -0.1) is 0 Å². The zero-order valence-electron chi connectivity index (χ0n) is 2.94. The Balaban J connectivity index is 0. The van der Waals surface area contributed by atoms with Crippen LogP contribution in [0, 0.1) is 0 Å². The average molecular weight is 240 g/mol. The standard InChI is InChI=1S/Mo.H3O2PS2.H2O/c;1-3(2,4)5;/h;(H3,1,2,4,5);1H2/q+4;;/p-4. The SMILES string of the molecule is [O-]P([O-])(=S)[S-].[OH][Mo+3]. The van der Waals surface area contributed by atoms with E-state index in [9.17, 15) is 9.79 Å². The van der Waals surface area contributed by atoms with E-state index in [4.69, 9.17) is 3.76 Å². The van der Waals surface area contributed by atoms with Crippen LogP contribution in [0.1, 0.15) is 0 Å². The van der Waals surface area contributed by atoms with Gasteiger partial charge in [0.05, 0.1) is 0 Å². The predicted octanol–water partition coefficient (Wildman–Crippen LogP) is -2.08. The van der Waals surface area contributed by atoms with Crippen LogP contribution in [0.25, 0.3) is 0 Å². The van der Waals surface area contributed by atoms with Gasteiger partial charge in [-0.2, -0.15) is 11.8 Å². The summed E-state index contributed by atoms with van der Waals surface area (Å²) in [4.78, 5) is 18.6. The van der Waals surface area contributed by atoms with Gasteiger partial charge in [-0.3, -0.25) is 0 Å². The fraction of sp³-hybridized carbons (Fsp3) is 0. The molecule has 0 amide bonds. The molecule has 42 valence electrons. The van der Waals surface area contributed by atoms with E-state index in [0.29, 0.717) is 0 Å². The van der Waals surface area contributed by atoms with E-state index >= 15 is 0 Å². The van der Waals surface area contributed by atoms with Crippen molar-refractivity contribution in [2.75, 3.05) is 0 Å². The van der Waals surface area contributed by atoms with Crippen LogP contribution in [0.5, 0.6) is 0 Å². The molecule has 7 heavy (non-hydrogen) atoms. The molecule has 1 N–H and O–H groups in total. The van der Waals surface area contributed by atoms with Gasteiger partial charge in [0, 0.05) is 0 Å². The van der Waals surface area contributed by atoms with Gasteiger partial charge in [-0.25, -0.2) is 0 Å². The van der Waals surface area contributed by atoms with Crippen LogP contribution in [0.15, 0.2) is 0 Å². The molecule has 0 bridgehead atoms. The average Bonchev–Trinajstić information content (AvgIpc) is 1.36. The Morgan fingerprint density at radius 3 is 1.57 bits per heavy atom. The first-order chi connectivity index (χ1) is 3.00. The Morgan fingerprint density at radius 2 is 1.57 bits per heavy atom. The third kappa shape index (κ3) is 95.4. The summed E-state index contributed by atoms with van der Waals surface area (Å²) in [5, 5.41) is 0. The molecule has 7 heteroatoms. The molecular weight excluding hydrogens is 239 g/mol. The first-order valence-electron chi connectivity index (χ1n) is 0.913. The van der Waals surface area contributed by atoms with Crippen molar-refractivity contribution in [1.29, 1.82) is 0 Å². The van der Waals surface area contributed by atoms with E-state index in [0.717, 1.165) is 20.2 Å². The van der Waals surface area contributed by atoms with Crippen molar-refractivity contribution in [1.82, 2.24) is 0 Å². The summed E-state index contributed by atoms with van der Waals surface area (Å²) in [5.41, 5.74) is -3.72. The van der Waals surface area contributed by atoms with Crippen molar-refractivity contribution in [3.8, 4) is 0 Å². The molecule has 0 atom stereocenters. The normalized spacial score (nSPS) is 9.00. The quantitative estimate of drug-likeness (QED) is 0.299. The van der Waals surface area contributed by atoms with Crippen molar-refractivity contribution in [2.45, 2.75) is 0 Å². The topological polar surface area (TPSA) is 66.3 Å². The van der Waals surface area contributed by atoms with Gasteiger partial charge >= 0.3 is 24.0 Å². The zero-order chi connectivity index (χ0) is 6.50. The molecule has 0 heterocycles. The van der Waals surface area contributed by atoms with E-state index in [1.54, 1.807) is 0 Å². The van der Waals surface area contributed by atoms with Crippen LogP contribution in [0.4, 0.5) is 0 Å². The Labute approximate surface area is 63.4 Å². The van der Waals surface area contributed by atoms with E-state index < -0.39 is 5.69 Å². The van der Waals surface area contributed by atoms with Gasteiger partial charge in [-0.05, 0) is 0 Å². The molecule has 0 aromatic heterocycles. The van der Waals surface area contributed by atoms with Crippen LogP contribution >= 0.6 is 5.69 Å². The molecule has 0 fully saturated rings. The van der Waals surface area contributed by atoms with Crippen molar-refractivity contribution in [2.24, 2.45) is 0 Å². The van der Waals surface area contributed by atoms with Crippen LogP contribution < -0.4 is 9.79 Å². The molecule has 0 spiro atoms. The molecule has 0 saturated heterocycles. The minimum absolute atomic E-state index is 0.950. The first-order valence-corrected chi connectivity index (χ1v) is 5.46. The fourth-order valence-corrected chi connectivity index (χ4v) is 0. The number of rotatable bonds is 0. The van der Waals surface area contributed by atoms with Crippen molar-refractivity contribution >= 4 is 29.7 Å². The van der Waals surface area contributed by atoms with E-state index in [1.165, 1.54) is 0 Å². The van der Waals surface area contributed by atoms with Crippen molar-refractivity contribution < 1.29 is 33.7 Å². The molecule has 0 radical (unpaired) electrons. The van der Waals surface area contributed by atoms with Crippen molar-refractivity contribution in [3.05, 3.63) is 0 Å². The molecule has 0 rings (SSSR count). The van der Waals surface area contributed by atoms with Gasteiger partial charge in [0.15, 0.2) is 0 Å². The Morgan fingerprint density at radius 1 is 1.57 bits per heavy atom. The summed E-state index contributed by atoms with van der Waals surface area (Å²) in [6.07, 6.45) is 0. The summed E-state index contributed by atoms with van der Waals surface area (Å²) < 4.78 is 7.01. The third-order valence-electron chi connectivity index (χ3n) is 0. The second kappa shape index (κ2) is 5.70. The van der Waals surface area contributed by atoms with Crippen LogP contribution in [-0.2, 0) is 44.2 Å².